The summed E-state index contributed by atoms with van der Waals surface area (Å²) in [4.78, 5) is 29.9. The van der Waals surface area contributed by atoms with Crippen molar-refractivity contribution in [2.24, 2.45) is 0 Å². The second kappa shape index (κ2) is 11.5. The lowest BCUT2D eigenvalue weighted by Crippen LogP contribution is -2.53. The van der Waals surface area contributed by atoms with Crippen LogP contribution in [0, 0.1) is 6.92 Å². The summed E-state index contributed by atoms with van der Waals surface area (Å²) in [5.74, 6) is 0.157. The van der Waals surface area contributed by atoms with Gasteiger partial charge in [0.2, 0.25) is 10.0 Å². The molecule has 204 valence electrons. The van der Waals surface area contributed by atoms with Crippen molar-refractivity contribution in [1.29, 1.82) is 0 Å². The Morgan fingerprint density at radius 3 is 2.24 bits per heavy atom. The fourth-order valence-corrected chi connectivity index (χ4v) is 6.07. The molecule has 0 aromatic heterocycles. The third kappa shape index (κ3) is 5.69. The first kappa shape index (κ1) is 27.6. The van der Waals surface area contributed by atoms with E-state index >= 15 is 0 Å². The molecule has 0 radical (unpaired) electrons. The third-order valence-corrected chi connectivity index (χ3v) is 8.80. The minimum atomic E-state index is -3.60. The fourth-order valence-electron chi connectivity index (χ4n) is 4.64. The van der Waals surface area contributed by atoms with Crippen LogP contribution >= 0.6 is 0 Å². The first-order chi connectivity index (χ1) is 18.1. The van der Waals surface area contributed by atoms with Crippen LogP contribution in [-0.4, -0.2) is 88.0 Å². The monoisotopic (exact) mass is 542 g/mol. The number of carbonyl (C=O) groups excluding carboxylic acids is 2. The summed E-state index contributed by atoms with van der Waals surface area (Å²) in [6, 6.07) is 13.0. The molecule has 2 aromatic rings. The number of methoxy groups -OCH3 is 1. The van der Waals surface area contributed by atoms with Crippen LogP contribution in [0.25, 0.3) is 0 Å². The topological polar surface area (TPSA) is 108 Å². The third-order valence-electron chi connectivity index (χ3n) is 6.88. The van der Waals surface area contributed by atoms with Gasteiger partial charge in [0.05, 0.1) is 30.2 Å². The average molecular weight is 543 g/mol. The van der Waals surface area contributed by atoms with E-state index in [2.05, 4.69) is 10.2 Å². The molecule has 0 saturated carbocycles. The lowest BCUT2D eigenvalue weighted by atomic mass is 9.94. The molecule has 1 saturated heterocycles. The van der Waals surface area contributed by atoms with Crippen molar-refractivity contribution in [2.75, 3.05) is 53.5 Å². The Labute approximate surface area is 223 Å². The van der Waals surface area contributed by atoms with Crippen molar-refractivity contribution in [3.8, 4) is 5.75 Å². The van der Waals surface area contributed by atoms with Crippen molar-refractivity contribution < 1.29 is 27.5 Å². The largest absolute Gasteiger partial charge is 0.497 e. The summed E-state index contributed by atoms with van der Waals surface area (Å²) in [5, 5.41) is 2.91. The van der Waals surface area contributed by atoms with Crippen LogP contribution in [0.1, 0.15) is 24.1 Å². The van der Waals surface area contributed by atoms with E-state index in [1.54, 1.807) is 69.6 Å². The number of amides is 2. The van der Waals surface area contributed by atoms with E-state index in [4.69, 9.17) is 9.47 Å². The highest BCUT2D eigenvalue weighted by Crippen LogP contribution is 2.32. The van der Waals surface area contributed by atoms with Crippen LogP contribution in [0.4, 0.5) is 4.79 Å². The molecule has 2 aliphatic rings. The van der Waals surface area contributed by atoms with Gasteiger partial charge in [-0.3, -0.25) is 9.80 Å². The maximum absolute atomic E-state index is 13.2. The molecule has 10 nitrogen and oxygen atoms in total. The smallest absolute Gasteiger partial charge is 0.338 e. The Morgan fingerprint density at radius 2 is 1.66 bits per heavy atom. The molecule has 0 bridgehead atoms. The number of hydrogen-bond acceptors (Lipinski definition) is 7. The minimum absolute atomic E-state index is 0.193. The second-order valence-corrected chi connectivity index (χ2v) is 11.2. The summed E-state index contributed by atoms with van der Waals surface area (Å²) < 4.78 is 38.3. The van der Waals surface area contributed by atoms with Crippen molar-refractivity contribution in [3.05, 3.63) is 70.9 Å². The van der Waals surface area contributed by atoms with Crippen molar-refractivity contribution in [2.45, 2.75) is 24.8 Å². The number of rotatable bonds is 8. The fraction of sp³-hybridized carbons (Fsp3) is 0.407. The molecular formula is C27H34N4O6S. The Balaban J connectivity index is 1.58. The highest BCUT2D eigenvalue weighted by Gasteiger charge is 2.38. The molecule has 0 spiro atoms. The molecule has 1 atom stereocenters. The Kier molecular flexibility index (Phi) is 8.39. The predicted octanol–water partition coefficient (Wildman–Crippen LogP) is 2.52. The quantitative estimate of drug-likeness (QED) is 0.511. The SMILES string of the molecule is CCOC(=O)C1=C(CN2CCN(S(=O)(=O)c3ccc(C)cc3)CC2)N(C)C(=O)N[C@H]1c1ccc(OC)cc1. The van der Waals surface area contributed by atoms with Crippen LogP contribution in [0.2, 0.25) is 0 Å². The first-order valence-corrected chi connectivity index (χ1v) is 14.0. The number of ether oxygens (including phenoxy) is 2. The van der Waals surface area contributed by atoms with Gasteiger partial charge in [-0.2, -0.15) is 4.31 Å². The predicted molar refractivity (Wildman–Crippen MR) is 142 cm³/mol. The molecule has 4 rings (SSSR count). The number of carbonyl (C=O) groups is 2. The number of urea groups is 1. The van der Waals surface area contributed by atoms with Crippen LogP contribution in [0.15, 0.2) is 64.7 Å². The first-order valence-electron chi connectivity index (χ1n) is 12.5. The minimum Gasteiger partial charge on any atom is -0.497 e. The van der Waals surface area contributed by atoms with E-state index in [9.17, 15) is 18.0 Å². The Bertz CT molecular complexity index is 1300. The lowest BCUT2D eigenvalue weighted by molar-refractivity contribution is -0.139. The highest BCUT2D eigenvalue weighted by molar-refractivity contribution is 7.89. The summed E-state index contributed by atoms with van der Waals surface area (Å²) in [6.45, 7) is 5.64. The summed E-state index contributed by atoms with van der Waals surface area (Å²) in [5.41, 5.74) is 2.60. The van der Waals surface area contributed by atoms with Crippen LogP contribution < -0.4 is 10.1 Å². The number of likely N-dealkylation sites (N-methyl/N-ethyl adjacent to an activating group) is 1. The van der Waals surface area contributed by atoms with E-state index in [0.717, 1.165) is 11.1 Å². The van der Waals surface area contributed by atoms with Gasteiger partial charge in [-0.1, -0.05) is 29.8 Å². The molecule has 2 aliphatic heterocycles. The van der Waals surface area contributed by atoms with Gasteiger partial charge in [0.1, 0.15) is 5.75 Å². The molecule has 38 heavy (non-hydrogen) atoms. The molecule has 11 heteroatoms. The van der Waals surface area contributed by atoms with Crippen LogP contribution in [0.5, 0.6) is 5.75 Å². The van der Waals surface area contributed by atoms with Gasteiger partial charge in [0.15, 0.2) is 0 Å². The van der Waals surface area contributed by atoms with E-state index in [0.29, 0.717) is 49.7 Å². The number of benzene rings is 2. The van der Waals surface area contributed by atoms with E-state index < -0.39 is 22.0 Å². The number of nitrogens with zero attached hydrogens (tertiary/aromatic N) is 3. The second-order valence-electron chi connectivity index (χ2n) is 9.29. The molecule has 1 N–H and O–H groups in total. The number of piperazine rings is 1. The van der Waals surface area contributed by atoms with Gasteiger partial charge < -0.3 is 14.8 Å². The number of sulfonamides is 1. The zero-order valence-corrected chi connectivity index (χ0v) is 23.0. The van der Waals surface area contributed by atoms with Gasteiger partial charge in [-0.15, -0.1) is 0 Å². The standard InChI is InChI=1S/C27H34N4O6S/c1-5-37-26(32)24-23(29(3)27(33)28-25(24)20-8-10-21(36-4)11-9-20)18-30-14-16-31(17-15-30)38(34,35)22-12-6-19(2)7-13-22/h6-13,25H,5,14-18H2,1-4H3,(H,28,33)/t25-/m0/s1. The molecule has 1 fully saturated rings. The normalized spacial score (nSPS) is 19.3. The van der Waals surface area contributed by atoms with Crippen LogP contribution in [0.3, 0.4) is 0 Å². The van der Waals surface area contributed by atoms with Crippen LogP contribution in [-0.2, 0) is 19.6 Å². The Morgan fingerprint density at radius 1 is 1.03 bits per heavy atom. The van der Waals surface area contributed by atoms with Gasteiger partial charge in [0, 0.05) is 45.5 Å². The number of aryl methyl sites for hydroxylation is 1. The lowest BCUT2D eigenvalue weighted by Gasteiger charge is -2.39. The van der Waals surface area contributed by atoms with Gasteiger partial charge >= 0.3 is 12.0 Å². The maximum atomic E-state index is 13.2. The van der Waals surface area contributed by atoms with E-state index in [1.165, 1.54) is 9.21 Å². The van der Waals surface area contributed by atoms with E-state index in [1.807, 2.05) is 6.92 Å². The Hall–Kier alpha value is -3.41. The average Bonchev–Trinajstić information content (AvgIpc) is 2.92. The van der Waals surface area contributed by atoms with Gasteiger partial charge in [-0.05, 0) is 43.7 Å². The molecule has 0 aliphatic carbocycles. The van der Waals surface area contributed by atoms with Crippen molar-refractivity contribution >= 4 is 22.0 Å². The number of hydrogen-bond donors (Lipinski definition) is 1. The van der Waals surface area contributed by atoms with E-state index in [-0.39, 0.29) is 17.5 Å². The maximum Gasteiger partial charge on any atom is 0.338 e. The number of esters is 1. The highest BCUT2D eigenvalue weighted by atomic mass is 32.2. The molecule has 2 aromatic carbocycles. The zero-order chi connectivity index (χ0) is 27.4. The summed E-state index contributed by atoms with van der Waals surface area (Å²) >= 11 is 0. The summed E-state index contributed by atoms with van der Waals surface area (Å²) in [6.07, 6.45) is 0. The van der Waals surface area contributed by atoms with Gasteiger partial charge in [0.25, 0.3) is 0 Å². The van der Waals surface area contributed by atoms with Crippen molar-refractivity contribution in [3.63, 3.8) is 0 Å². The van der Waals surface area contributed by atoms with Gasteiger partial charge in [-0.25, -0.2) is 18.0 Å². The molecule has 0 unspecified atom stereocenters. The summed E-state index contributed by atoms with van der Waals surface area (Å²) in [7, 11) is -0.414. The molecule has 2 heterocycles. The zero-order valence-electron chi connectivity index (χ0n) is 22.1. The van der Waals surface area contributed by atoms with Crippen molar-refractivity contribution in [1.82, 2.24) is 19.4 Å². The number of nitrogens with one attached hydrogen (secondary N) is 1. The molecule has 2 amide bonds. The molecular weight excluding hydrogens is 508 g/mol.